The third-order valence-electron chi connectivity index (χ3n) is 5.39. The largest absolute Gasteiger partial charge is 0.304 e. The van der Waals surface area contributed by atoms with Crippen molar-refractivity contribution in [2.45, 2.75) is 25.7 Å². The number of aliphatic imine (C=N–C) groups is 1. The summed E-state index contributed by atoms with van der Waals surface area (Å²) in [6.45, 7) is 4.37. The van der Waals surface area contributed by atoms with Crippen molar-refractivity contribution in [3.63, 3.8) is 0 Å². The highest BCUT2D eigenvalue weighted by Gasteiger charge is 2.47. The molecule has 0 radical (unpaired) electrons. The van der Waals surface area contributed by atoms with Crippen LogP contribution >= 0.6 is 11.6 Å². The van der Waals surface area contributed by atoms with E-state index in [1.165, 1.54) is 47.8 Å². The average molecular weight is 313 g/mol. The lowest BCUT2D eigenvalue weighted by molar-refractivity contribution is -0.875. The number of hydrogen-bond acceptors (Lipinski definition) is 2. The molecule has 2 bridgehead atoms. The summed E-state index contributed by atoms with van der Waals surface area (Å²) in [5, 5.41) is 10.5. The number of nitriles is 1. The molecule has 1 fully saturated rings. The number of piperidine rings is 1. The van der Waals surface area contributed by atoms with Crippen molar-refractivity contribution in [2.75, 3.05) is 13.1 Å². The van der Waals surface area contributed by atoms with Crippen molar-refractivity contribution < 1.29 is 4.90 Å². The lowest BCUT2D eigenvalue weighted by Gasteiger charge is -2.43. The van der Waals surface area contributed by atoms with E-state index >= 15 is 0 Å². The molecule has 4 heterocycles. The topological polar surface area (TPSA) is 40.6 Å². The average Bonchev–Trinajstić information content (AvgIpc) is 2.55. The van der Waals surface area contributed by atoms with Gasteiger partial charge in [0.05, 0.1) is 25.1 Å². The first-order valence-electron chi connectivity index (χ1n) is 7.98. The van der Waals surface area contributed by atoms with Gasteiger partial charge in [0.1, 0.15) is 17.3 Å². The molecule has 1 aromatic carbocycles. The first-order chi connectivity index (χ1) is 10.7. The summed E-state index contributed by atoms with van der Waals surface area (Å²) in [4.78, 5) is 6.40. The fraction of sp³-hybridized carbons (Fsp3) is 0.444. The molecular weight excluding hydrogens is 294 g/mol. The van der Waals surface area contributed by atoms with Gasteiger partial charge in [0, 0.05) is 29.5 Å². The maximum absolute atomic E-state index is 9.72. The summed E-state index contributed by atoms with van der Waals surface area (Å²) < 4.78 is 0. The first-order valence-corrected chi connectivity index (χ1v) is 8.36. The van der Waals surface area contributed by atoms with Crippen LogP contribution in [0.3, 0.4) is 0 Å². The molecule has 0 spiro atoms. The van der Waals surface area contributed by atoms with Crippen molar-refractivity contribution in [2.24, 2.45) is 16.8 Å². The molecule has 0 aliphatic carbocycles. The monoisotopic (exact) mass is 312 g/mol. The summed E-state index contributed by atoms with van der Waals surface area (Å²) in [6, 6.07) is 10.5. The highest BCUT2D eigenvalue weighted by Crippen LogP contribution is 2.42. The Balaban J connectivity index is 1.88. The summed E-state index contributed by atoms with van der Waals surface area (Å²) in [6.07, 6.45) is 2.46. The maximum atomic E-state index is 9.72. The Morgan fingerprint density at radius 2 is 1.91 bits per heavy atom. The summed E-state index contributed by atoms with van der Waals surface area (Å²) >= 11 is 6.04. The zero-order valence-electron chi connectivity index (χ0n) is 12.6. The maximum Gasteiger partial charge on any atom is 0.138 e. The summed E-state index contributed by atoms with van der Waals surface area (Å²) in [5.74, 6) is 0.566. The van der Waals surface area contributed by atoms with E-state index in [1.807, 2.05) is 19.1 Å². The Kier molecular flexibility index (Phi) is 3.32. The molecule has 0 amide bonds. The number of allylic oxidation sites excluding steroid dienone is 2. The predicted octanol–water partition coefficient (Wildman–Crippen LogP) is 2.56. The van der Waals surface area contributed by atoms with E-state index in [2.05, 4.69) is 18.2 Å². The van der Waals surface area contributed by atoms with Gasteiger partial charge in [-0.25, -0.2) is 0 Å². The quantitative estimate of drug-likeness (QED) is 0.850. The van der Waals surface area contributed by atoms with E-state index in [1.54, 1.807) is 0 Å². The molecule has 4 aliphatic heterocycles. The highest BCUT2D eigenvalue weighted by atomic mass is 35.5. The van der Waals surface area contributed by atoms with Gasteiger partial charge >= 0.3 is 0 Å². The Hall–Kier alpha value is -1.63. The Morgan fingerprint density at radius 3 is 2.55 bits per heavy atom. The van der Waals surface area contributed by atoms with Gasteiger partial charge in [0.15, 0.2) is 0 Å². The molecule has 0 saturated carbocycles. The van der Waals surface area contributed by atoms with Crippen molar-refractivity contribution >= 4 is 17.3 Å². The predicted molar refractivity (Wildman–Crippen MR) is 86.9 cm³/mol. The van der Waals surface area contributed by atoms with Crippen LogP contribution in [-0.2, 0) is 0 Å². The second-order valence-corrected chi connectivity index (χ2v) is 7.00. The fourth-order valence-corrected chi connectivity index (χ4v) is 4.43. The molecule has 1 aromatic rings. The minimum absolute atomic E-state index is 0.132. The van der Waals surface area contributed by atoms with Crippen molar-refractivity contribution in [1.82, 2.24) is 0 Å². The number of fused-ring (bicyclic) bond motifs is 2. The fourth-order valence-electron chi connectivity index (χ4n) is 4.31. The van der Waals surface area contributed by atoms with Crippen molar-refractivity contribution in [3.8, 4) is 6.07 Å². The van der Waals surface area contributed by atoms with Crippen LogP contribution < -0.4 is 4.90 Å². The standard InChI is InChI=1S/C18H18ClN3/c1-11-15(10-20)16(12-2-4-14(19)5-3-12)18-17(21-11)13-6-8-22(18)9-7-13/h2-5,13,15-16H,6-9H2,1H3/p+1/t15?,16-/m0/s1. The number of quaternary nitrogens is 1. The zero-order valence-corrected chi connectivity index (χ0v) is 13.4. The molecule has 3 nitrogen and oxygen atoms in total. The number of nitrogens with one attached hydrogen (secondary N) is 1. The highest BCUT2D eigenvalue weighted by molar-refractivity contribution is 6.30. The summed E-state index contributed by atoms with van der Waals surface area (Å²) in [7, 11) is 0. The number of halogens is 1. The minimum Gasteiger partial charge on any atom is -0.304 e. The lowest BCUT2D eigenvalue weighted by atomic mass is 9.73. The number of rotatable bonds is 1. The van der Waals surface area contributed by atoms with Gasteiger partial charge < -0.3 is 4.90 Å². The van der Waals surface area contributed by atoms with Crippen molar-refractivity contribution in [1.29, 1.82) is 5.26 Å². The van der Waals surface area contributed by atoms with E-state index in [-0.39, 0.29) is 11.8 Å². The van der Waals surface area contributed by atoms with Crippen LogP contribution in [0.5, 0.6) is 0 Å². The molecule has 1 N–H and O–H groups in total. The molecule has 22 heavy (non-hydrogen) atoms. The third-order valence-corrected chi connectivity index (χ3v) is 5.64. The normalized spacial score (nSPS) is 33.2. The van der Waals surface area contributed by atoms with E-state index in [0.29, 0.717) is 5.92 Å². The molecular formula is C18H19ClN3+. The van der Waals surface area contributed by atoms with E-state index < -0.39 is 0 Å². The second kappa shape index (κ2) is 5.22. The molecule has 112 valence electrons. The van der Waals surface area contributed by atoms with Gasteiger partial charge in [0.2, 0.25) is 0 Å². The van der Waals surface area contributed by atoms with Gasteiger partial charge in [-0.15, -0.1) is 0 Å². The van der Waals surface area contributed by atoms with Gasteiger partial charge in [-0.3, -0.25) is 4.99 Å². The van der Waals surface area contributed by atoms with Crippen molar-refractivity contribution in [3.05, 3.63) is 46.2 Å². The van der Waals surface area contributed by atoms with Gasteiger partial charge in [-0.2, -0.15) is 5.26 Å². The number of nitrogens with zero attached hydrogens (tertiary/aromatic N) is 2. The van der Waals surface area contributed by atoms with Crippen LogP contribution in [0.4, 0.5) is 0 Å². The Morgan fingerprint density at radius 1 is 1.23 bits per heavy atom. The van der Waals surface area contributed by atoms with E-state index in [0.717, 1.165) is 10.7 Å². The Bertz CT molecular complexity index is 703. The molecule has 4 aliphatic rings. The van der Waals surface area contributed by atoms with Crippen LogP contribution in [0.2, 0.25) is 5.02 Å². The van der Waals surface area contributed by atoms with Crippen LogP contribution in [0.25, 0.3) is 0 Å². The second-order valence-electron chi connectivity index (χ2n) is 6.57. The van der Waals surface area contributed by atoms with Crippen LogP contribution in [0, 0.1) is 23.2 Å². The van der Waals surface area contributed by atoms with Gasteiger partial charge in [-0.05, 0) is 24.6 Å². The smallest absolute Gasteiger partial charge is 0.138 e. The molecule has 2 atom stereocenters. The van der Waals surface area contributed by atoms with E-state index in [4.69, 9.17) is 16.6 Å². The molecule has 5 rings (SSSR count). The van der Waals surface area contributed by atoms with Gasteiger partial charge in [-0.1, -0.05) is 23.7 Å². The SMILES string of the molecule is CC1=NC2=C([C@@H](c3ccc(Cl)cc3)C1C#N)[NH+]1CCC2CC1. The molecule has 0 aromatic heterocycles. The van der Waals surface area contributed by atoms with Gasteiger partial charge in [0.25, 0.3) is 0 Å². The first kappa shape index (κ1) is 14.0. The minimum atomic E-state index is -0.160. The van der Waals surface area contributed by atoms with E-state index in [9.17, 15) is 5.26 Å². The van der Waals surface area contributed by atoms with Crippen LogP contribution in [-0.4, -0.2) is 18.8 Å². The third kappa shape index (κ3) is 2.02. The zero-order chi connectivity index (χ0) is 15.3. The number of hydrogen-bond donors (Lipinski definition) is 1. The molecule has 1 unspecified atom stereocenters. The summed E-state index contributed by atoms with van der Waals surface area (Å²) in [5.41, 5.74) is 4.81. The molecule has 1 saturated heterocycles. The number of benzene rings is 1. The molecule has 4 heteroatoms. The Labute approximate surface area is 135 Å². The van der Waals surface area contributed by atoms with Crippen LogP contribution in [0.15, 0.2) is 40.7 Å². The lowest BCUT2D eigenvalue weighted by Crippen LogP contribution is -3.13. The van der Waals surface area contributed by atoms with Crippen LogP contribution in [0.1, 0.15) is 31.2 Å².